The summed E-state index contributed by atoms with van der Waals surface area (Å²) in [5.74, 6) is -2.82. The normalized spacial score (nSPS) is 10.4. The molecular formula is C43H34O15. The van der Waals surface area contributed by atoms with Gasteiger partial charge in [0, 0.05) is 18.6 Å². The van der Waals surface area contributed by atoms with Gasteiger partial charge in [0.1, 0.15) is 49.4 Å². The highest BCUT2D eigenvalue weighted by Crippen LogP contribution is 2.29. The van der Waals surface area contributed by atoms with Crippen molar-refractivity contribution in [1.82, 2.24) is 0 Å². The van der Waals surface area contributed by atoms with Gasteiger partial charge in [-0.2, -0.15) is 0 Å². The Morgan fingerprint density at radius 1 is 0.483 bits per heavy atom. The largest absolute Gasteiger partial charge is 0.513 e. The number of hydrogen-bond donors (Lipinski definition) is 0. The molecule has 0 aliphatic rings. The first-order chi connectivity index (χ1) is 28.0. The van der Waals surface area contributed by atoms with Crippen LogP contribution in [0.4, 0.5) is 9.59 Å². The summed E-state index contributed by atoms with van der Waals surface area (Å²) in [6.45, 7) is 7.41. The van der Waals surface area contributed by atoms with Crippen molar-refractivity contribution in [3.8, 4) is 23.0 Å². The second-order valence-corrected chi connectivity index (χ2v) is 11.8. The first-order valence-electron chi connectivity index (χ1n) is 17.4. The summed E-state index contributed by atoms with van der Waals surface area (Å²) in [4.78, 5) is 85.5. The number of benzene rings is 5. The molecule has 0 aliphatic carbocycles. The number of esters is 4. The SMILES string of the molecule is C=CC(=O)OCCOC(=O)Oc1ccc2cc(C(=O)Oc3ccc(OC(=O)c4ccc5cc(OC(=O)OCCOC(=O)C=C)ccc5c4)c(C(=O)CC)c3)ccc2c1. The molecule has 0 aliphatic heterocycles. The third kappa shape index (κ3) is 11.4. The Labute approximate surface area is 330 Å². The van der Waals surface area contributed by atoms with Gasteiger partial charge in [-0.1, -0.05) is 44.3 Å². The minimum atomic E-state index is -1.00. The van der Waals surface area contributed by atoms with Crippen LogP contribution in [-0.4, -0.2) is 68.4 Å². The fraction of sp³-hybridized carbons (Fsp3) is 0.140. The fourth-order valence-corrected chi connectivity index (χ4v) is 5.13. The molecule has 0 saturated carbocycles. The molecule has 0 amide bonds. The Hall–Kier alpha value is -7.81. The van der Waals surface area contributed by atoms with Crippen LogP contribution in [0.1, 0.15) is 44.4 Å². The van der Waals surface area contributed by atoms with E-state index in [0.29, 0.717) is 21.5 Å². The lowest BCUT2D eigenvalue weighted by atomic mass is 10.1. The number of Topliss-reactive ketones (excluding diaryl/α,β-unsaturated/α-hetero) is 1. The monoisotopic (exact) mass is 790 g/mol. The van der Waals surface area contributed by atoms with Crippen molar-refractivity contribution in [1.29, 1.82) is 0 Å². The number of hydrogen-bond acceptors (Lipinski definition) is 15. The summed E-state index contributed by atoms with van der Waals surface area (Å²) in [6, 6.07) is 22.8. The smallest absolute Gasteiger partial charge is 0.459 e. The molecule has 0 fully saturated rings. The van der Waals surface area contributed by atoms with Crippen molar-refractivity contribution in [2.24, 2.45) is 0 Å². The molecule has 5 rings (SSSR count). The number of carbonyl (C=O) groups excluding carboxylic acids is 7. The van der Waals surface area contributed by atoms with Gasteiger partial charge >= 0.3 is 36.2 Å². The third-order valence-electron chi connectivity index (χ3n) is 7.91. The van der Waals surface area contributed by atoms with Crippen LogP contribution in [-0.2, 0) is 28.5 Å². The lowest BCUT2D eigenvalue weighted by Gasteiger charge is -2.12. The fourth-order valence-electron chi connectivity index (χ4n) is 5.13. The van der Waals surface area contributed by atoms with Crippen LogP contribution in [0.2, 0.25) is 0 Å². The van der Waals surface area contributed by atoms with Crippen LogP contribution in [0, 0.1) is 0 Å². The highest BCUT2D eigenvalue weighted by molar-refractivity contribution is 6.02. The van der Waals surface area contributed by atoms with E-state index in [4.69, 9.17) is 37.9 Å². The van der Waals surface area contributed by atoms with E-state index in [1.54, 1.807) is 55.5 Å². The van der Waals surface area contributed by atoms with E-state index in [1.807, 2.05) is 0 Å². The Morgan fingerprint density at radius 2 is 0.897 bits per heavy atom. The van der Waals surface area contributed by atoms with Crippen molar-refractivity contribution < 1.29 is 71.5 Å². The maximum atomic E-state index is 13.2. The Kier molecular flexibility index (Phi) is 14.0. The maximum Gasteiger partial charge on any atom is 0.513 e. The molecule has 0 unspecified atom stereocenters. The van der Waals surface area contributed by atoms with Gasteiger partial charge in [0.25, 0.3) is 0 Å². The van der Waals surface area contributed by atoms with E-state index in [-0.39, 0.29) is 78.3 Å². The van der Waals surface area contributed by atoms with Crippen LogP contribution in [0.5, 0.6) is 23.0 Å². The average molecular weight is 791 g/mol. The third-order valence-corrected chi connectivity index (χ3v) is 7.91. The zero-order chi connectivity index (χ0) is 41.6. The molecule has 15 nitrogen and oxygen atoms in total. The maximum absolute atomic E-state index is 13.2. The Bertz CT molecular complexity index is 2430. The number of ether oxygens (including phenoxy) is 8. The van der Waals surface area contributed by atoms with Gasteiger partial charge in [0.15, 0.2) is 5.78 Å². The van der Waals surface area contributed by atoms with Crippen LogP contribution >= 0.6 is 0 Å². The molecule has 0 bridgehead atoms. The van der Waals surface area contributed by atoms with Gasteiger partial charge in [-0.05, 0) is 88.3 Å². The molecule has 0 saturated heterocycles. The zero-order valence-electron chi connectivity index (χ0n) is 30.9. The summed E-state index contributed by atoms with van der Waals surface area (Å²) in [5.41, 5.74) is 0.378. The van der Waals surface area contributed by atoms with Crippen LogP contribution in [0.3, 0.4) is 0 Å². The number of ketones is 1. The molecule has 0 spiro atoms. The van der Waals surface area contributed by atoms with E-state index < -0.39 is 36.2 Å². The van der Waals surface area contributed by atoms with Gasteiger partial charge in [-0.25, -0.2) is 28.8 Å². The first-order valence-corrected chi connectivity index (χ1v) is 17.4. The molecule has 0 heterocycles. The molecular weight excluding hydrogens is 756 g/mol. The zero-order valence-corrected chi connectivity index (χ0v) is 30.9. The predicted molar refractivity (Wildman–Crippen MR) is 205 cm³/mol. The van der Waals surface area contributed by atoms with E-state index in [0.717, 1.165) is 12.2 Å². The van der Waals surface area contributed by atoms with Crippen molar-refractivity contribution in [2.45, 2.75) is 13.3 Å². The van der Waals surface area contributed by atoms with Gasteiger partial charge in [0.05, 0.1) is 16.7 Å². The molecule has 0 N–H and O–H groups in total. The van der Waals surface area contributed by atoms with Crippen molar-refractivity contribution >= 4 is 63.5 Å². The average Bonchev–Trinajstić information content (AvgIpc) is 3.23. The van der Waals surface area contributed by atoms with E-state index >= 15 is 0 Å². The highest BCUT2D eigenvalue weighted by Gasteiger charge is 2.20. The molecule has 296 valence electrons. The van der Waals surface area contributed by atoms with Crippen molar-refractivity contribution in [2.75, 3.05) is 26.4 Å². The van der Waals surface area contributed by atoms with E-state index in [2.05, 4.69) is 13.2 Å². The summed E-state index contributed by atoms with van der Waals surface area (Å²) in [6.07, 6.45) is 0.0283. The van der Waals surface area contributed by atoms with Crippen molar-refractivity contribution in [3.05, 3.63) is 133 Å². The summed E-state index contributed by atoms with van der Waals surface area (Å²) >= 11 is 0. The molecule has 0 radical (unpaired) electrons. The summed E-state index contributed by atoms with van der Waals surface area (Å²) in [5, 5.41) is 2.50. The minimum absolute atomic E-state index is 0.0248. The minimum Gasteiger partial charge on any atom is -0.459 e. The second-order valence-electron chi connectivity index (χ2n) is 11.8. The quantitative estimate of drug-likeness (QED) is 0.0181. The van der Waals surface area contributed by atoms with E-state index in [9.17, 15) is 33.6 Å². The van der Waals surface area contributed by atoms with Gasteiger partial charge in [0.2, 0.25) is 0 Å². The van der Waals surface area contributed by atoms with Gasteiger partial charge < -0.3 is 37.9 Å². The molecule has 58 heavy (non-hydrogen) atoms. The Morgan fingerprint density at radius 3 is 1.38 bits per heavy atom. The highest BCUT2D eigenvalue weighted by atomic mass is 16.7. The lowest BCUT2D eigenvalue weighted by molar-refractivity contribution is -0.139. The Balaban J connectivity index is 1.20. The molecule has 5 aromatic carbocycles. The van der Waals surface area contributed by atoms with E-state index in [1.165, 1.54) is 42.5 Å². The standard InChI is InChI=1S/C43H34O15/c1-4-36(44)35-25-34(55-40(47)30-9-7-28-23-32(13-11-26(28)21-30)56-42(49)53-19-17-51-38(45)5-2)15-16-37(35)58-41(48)31-10-8-29-24-33(14-12-27(29)22-31)57-43(50)54-20-18-52-39(46)6-3/h5-16,21-25H,2-4,17-20H2,1H3. The van der Waals surface area contributed by atoms with Crippen LogP contribution in [0.15, 0.2) is 116 Å². The van der Waals surface area contributed by atoms with Crippen LogP contribution in [0.25, 0.3) is 21.5 Å². The number of fused-ring (bicyclic) bond motifs is 2. The molecule has 5 aromatic rings. The summed E-state index contributed by atoms with van der Waals surface area (Å²) in [7, 11) is 0. The molecule has 15 heteroatoms. The lowest BCUT2D eigenvalue weighted by Crippen LogP contribution is -2.15. The van der Waals surface area contributed by atoms with Crippen molar-refractivity contribution in [3.63, 3.8) is 0 Å². The van der Waals surface area contributed by atoms with Crippen LogP contribution < -0.4 is 18.9 Å². The van der Waals surface area contributed by atoms with Gasteiger partial charge in [-0.15, -0.1) is 0 Å². The topological polar surface area (TPSA) is 193 Å². The first kappa shape index (κ1) is 41.4. The number of rotatable bonds is 16. The molecule has 0 atom stereocenters. The molecule has 0 aromatic heterocycles. The van der Waals surface area contributed by atoms with Gasteiger partial charge in [-0.3, -0.25) is 4.79 Å². The second kappa shape index (κ2) is 19.7. The predicted octanol–water partition coefficient (Wildman–Crippen LogP) is 7.51. The summed E-state index contributed by atoms with van der Waals surface area (Å²) < 4.78 is 40.7. The number of carbonyl (C=O) groups is 7.